The van der Waals surface area contributed by atoms with Crippen LogP contribution in [-0.2, 0) is 6.42 Å². The molecule has 1 nitrogen and oxygen atoms in total. The molecule has 1 aliphatic rings. The first-order chi connectivity index (χ1) is 8.83. The lowest BCUT2D eigenvalue weighted by Crippen LogP contribution is -2.17. The quantitative estimate of drug-likeness (QED) is 0.813. The van der Waals surface area contributed by atoms with Gasteiger partial charge in [-0.05, 0) is 48.6 Å². The Labute approximate surface area is 113 Å². The highest BCUT2D eigenvalue weighted by Gasteiger charge is 2.19. The Bertz CT molecular complexity index is 550. The minimum atomic E-state index is 0.411. The summed E-state index contributed by atoms with van der Waals surface area (Å²) < 4.78 is 0. The molecule has 1 unspecified atom stereocenters. The van der Waals surface area contributed by atoms with Gasteiger partial charge in [0.1, 0.15) is 0 Å². The van der Waals surface area contributed by atoms with Crippen molar-refractivity contribution in [3.8, 4) is 0 Å². The summed E-state index contributed by atoms with van der Waals surface area (Å²) in [6, 6.07) is 17.1. The van der Waals surface area contributed by atoms with Gasteiger partial charge in [-0.2, -0.15) is 0 Å². The van der Waals surface area contributed by atoms with Crippen LogP contribution in [-0.4, -0.2) is 0 Å². The normalized spacial score (nSPS) is 18.2. The van der Waals surface area contributed by atoms with Gasteiger partial charge in [-0.1, -0.05) is 41.9 Å². The molecule has 1 aliphatic carbocycles. The molecule has 92 valence electrons. The molecule has 2 aromatic rings. The van der Waals surface area contributed by atoms with E-state index in [2.05, 4.69) is 35.6 Å². The van der Waals surface area contributed by atoms with Crippen molar-refractivity contribution >= 4 is 17.3 Å². The summed E-state index contributed by atoms with van der Waals surface area (Å²) in [5.74, 6) is 0. The molecule has 18 heavy (non-hydrogen) atoms. The van der Waals surface area contributed by atoms with Crippen LogP contribution in [0.15, 0.2) is 48.5 Å². The molecule has 0 amide bonds. The van der Waals surface area contributed by atoms with Gasteiger partial charge in [0.25, 0.3) is 0 Å². The Morgan fingerprint density at radius 2 is 1.94 bits per heavy atom. The second-order valence-corrected chi connectivity index (χ2v) is 5.23. The average molecular weight is 258 g/mol. The highest BCUT2D eigenvalue weighted by atomic mass is 35.5. The van der Waals surface area contributed by atoms with Crippen molar-refractivity contribution in [1.82, 2.24) is 0 Å². The zero-order valence-corrected chi connectivity index (χ0v) is 11.0. The molecule has 0 spiro atoms. The molecule has 0 saturated heterocycles. The number of aryl methyl sites for hydroxylation is 1. The first kappa shape index (κ1) is 11.6. The summed E-state index contributed by atoms with van der Waals surface area (Å²) in [5.41, 5.74) is 4.01. The molecule has 1 N–H and O–H groups in total. The highest BCUT2D eigenvalue weighted by molar-refractivity contribution is 6.30. The molecule has 0 aliphatic heterocycles. The maximum Gasteiger partial charge on any atom is 0.0516 e. The number of nitrogens with one attached hydrogen (secondary N) is 1. The smallest absolute Gasteiger partial charge is 0.0516 e. The summed E-state index contributed by atoms with van der Waals surface area (Å²) in [6.45, 7) is 0. The summed E-state index contributed by atoms with van der Waals surface area (Å²) in [4.78, 5) is 0. The molecule has 0 radical (unpaired) electrons. The maximum atomic E-state index is 6.02. The number of hydrogen-bond acceptors (Lipinski definition) is 1. The molecular weight excluding hydrogens is 242 g/mol. The van der Waals surface area contributed by atoms with Gasteiger partial charge in [0.15, 0.2) is 0 Å². The van der Waals surface area contributed by atoms with Gasteiger partial charge in [0.05, 0.1) is 6.04 Å². The van der Waals surface area contributed by atoms with Gasteiger partial charge in [-0.15, -0.1) is 0 Å². The van der Waals surface area contributed by atoms with Crippen molar-refractivity contribution in [2.24, 2.45) is 0 Å². The Morgan fingerprint density at radius 1 is 1.06 bits per heavy atom. The molecule has 2 aromatic carbocycles. The summed E-state index contributed by atoms with van der Waals surface area (Å²) in [6.07, 6.45) is 3.63. The van der Waals surface area contributed by atoms with Crippen molar-refractivity contribution in [3.63, 3.8) is 0 Å². The Morgan fingerprint density at radius 3 is 2.83 bits per heavy atom. The van der Waals surface area contributed by atoms with Crippen LogP contribution in [0.5, 0.6) is 0 Å². The number of halogens is 1. The zero-order valence-electron chi connectivity index (χ0n) is 10.2. The lowest BCUT2D eigenvalue weighted by molar-refractivity contribution is 0.600. The molecule has 0 saturated carbocycles. The highest BCUT2D eigenvalue weighted by Crippen LogP contribution is 2.32. The summed E-state index contributed by atoms with van der Waals surface area (Å²) in [7, 11) is 0. The second-order valence-electron chi connectivity index (χ2n) is 4.80. The lowest BCUT2D eigenvalue weighted by atomic mass is 9.87. The van der Waals surface area contributed by atoms with Crippen molar-refractivity contribution in [2.45, 2.75) is 25.3 Å². The zero-order chi connectivity index (χ0) is 12.4. The van der Waals surface area contributed by atoms with E-state index >= 15 is 0 Å². The third-order valence-electron chi connectivity index (χ3n) is 3.53. The first-order valence-electron chi connectivity index (χ1n) is 6.43. The van der Waals surface area contributed by atoms with E-state index in [9.17, 15) is 0 Å². The topological polar surface area (TPSA) is 12.0 Å². The predicted octanol–water partition coefficient (Wildman–Crippen LogP) is 4.83. The van der Waals surface area contributed by atoms with Crippen molar-refractivity contribution in [1.29, 1.82) is 0 Å². The van der Waals surface area contributed by atoms with Crippen LogP contribution >= 0.6 is 11.6 Å². The fourth-order valence-electron chi connectivity index (χ4n) is 2.68. The fraction of sp³-hybridized carbons (Fsp3) is 0.250. The van der Waals surface area contributed by atoms with E-state index in [0.717, 1.165) is 10.7 Å². The second kappa shape index (κ2) is 5.03. The van der Waals surface area contributed by atoms with Crippen LogP contribution < -0.4 is 5.32 Å². The molecule has 2 heteroatoms. The largest absolute Gasteiger partial charge is 0.378 e. The van der Waals surface area contributed by atoms with Gasteiger partial charge in [0, 0.05) is 10.7 Å². The molecule has 3 rings (SSSR count). The molecular formula is C16H16ClN. The van der Waals surface area contributed by atoms with Gasteiger partial charge in [-0.3, -0.25) is 0 Å². The van der Waals surface area contributed by atoms with Crippen molar-refractivity contribution in [3.05, 3.63) is 64.7 Å². The SMILES string of the molecule is Clc1cccc(NC2CCCc3ccccc32)c1. The van der Waals surface area contributed by atoms with E-state index in [4.69, 9.17) is 11.6 Å². The minimum absolute atomic E-state index is 0.411. The van der Waals surface area contributed by atoms with Crippen LogP contribution in [0, 0.1) is 0 Å². The number of rotatable bonds is 2. The first-order valence-corrected chi connectivity index (χ1v) is 6.80. The van der Waals surface area contributed by atoms with Crippen molar-refractivity contribution < 1.29 is 0 Å². The Balaban J connectivity index is 1.86. The maximum absolute atomic E-state index is 6.02. The van der Waals surface area contributed by atoms with Crippen LogP contribution in [0.25, 0.3) is 0 Å². The number of anilines is 1. The third-order valence-corrected chi connectivity index (χ3v) is 3.77. The van der Waals surface area contributed by atoms with Gasteiger partial charge >= 0.3 is 0 Å². The van der Waals surface area contributed by atoms with Gasteiger partial charge in [-0.25, -0.2) is 0 Å². The third kappa shape index (κ3) is 2.37. The number of benzene rings is 2. The average Bonchev–Trinajstić information content (AvgIpc) is 2.39. The summed E-state index contributed by atoms with van der Waals surface area (Å²) in [5, 5.41) is 4.37. The van der Waals surface area contributed by atoms with Gasteiger partial charge < -0.3 is 5.32 Å². The van der Waals surface area contributed by atoms with E-state index in [-0.39, 0.29) is 0 Å². The minimum Gasteiger partial charge on any atom is -0.378 e. The van der Waals surface area contributed by atoms with E-state index in [0.29, 0.717) is 6.04 Å². The standard InChI is InChI=1S/C16H16ClN/c17-13-7-4-8-14(11-13)18-16-10-3-6-12-5-1-2-9-15(12)16/h1-2,4-5,7-9,11,16,18H,3,6,10H2. The van der Waals surface area contributed by atoms with Crippen LogP contribution in [0.2, 0.25) is 5.02 Å². The summed E-state index contributed by atoms with van der Waals surface area (Å²) >= 11 is 6.02. The van der Waals surface area contributed by atoms with Gasteiger partial charge in [0.2, 0.25) is 0 Å². The van der Waals surface area contributed by atoms with Crippen LogP contribution in [0.1, 0.15) is 30.0 Å². The monoisotopic (exact) mass is 257 g/mol. The van der Waals surface area contributed by atoms with Crippen LogP contribution in [0.4, 0.5) is 5.69 Å². The Kier molecular flexibility index (Phi) is 3.24. The lowest BCUT2D eigenvalue weighted by Gasteiger charge is -2.27. The number of fused-ring (bicyclic) bond motifs is 1. The van der Waals surface area contributed by atoms with Crippen molar-refractivity contribution in [2.75, 3.05) is 5.32 Å². The molecule has 0 aromatic heterocycles. The molecule has 0 fully saturated rings. The van der Waals surface area contributed by atoms with Crippen LogP contribution in [0.3, 0.4) is 0 Å². The molecule has 0 heterocycles. The van der Waals surface area contributed by atoms with E-state index in [1.165, 1.54) is 30.4 Å². The fourth-order valence-corrected chi connectivity index (χ4v) is 2.87. The molecule has 1 atom stereocenters. The number of hydrogen-bond donors (Lipinski definition) is 1. The molecule has 0 bridgehead atoms. The van der Waals surface area contributed by atoms with E-state index in [1.807, 2.05) is 18.2 Å². The van der Waals surface area contributed by atoms with E-state index < -0.39 is 0 Å². The van der Waals surface area contributed by atoms with E-state index in [1.54, 1.807) is 0 Å². The predicted molar refractivity (Wildman–Crippen MR) is 77.2 cm³/mol. The Hall–Kier alpha value is -1.47.